The Labute approximate surface area is 225 Å². The zero-order valence-corrected chi connectivity index (χ0v) is 24.0. The molecule has 204 valence electrons. The van der Waals surface area contributed by atoms with Crippen molar-refractivity contribution in [3.63, 3.8) is 0 Å². The van der Waals surface area contributed by atoms with Gasteiger partial charge in [-0.15, -0.1) is 0 Å². The highest BCUT2D eigenvalue weighted by Crippen LogP contribution is 2.46. The van der Waals surface area contributed by atoms with Gasteiger partial charge in [0, 0.05) is 38.3 Å². The number of rotatable bonds is 15. The average molecular weight is 529 g/mol. The Hall–Kier alpha value is -1.81. The van der Waals surface area contributed by atoms with E-state index in [0.717, 1.165) is 51.9 Å². The molecule has 7 nitrogen and oxygen atoms in total. The monoisotopic (exact) mass is 528 g/mol. The molecule has 0 spiro atoms. The highest BCUT2D eigenvalue weighted by atomic mass is 31.2. The summed E-state index contributed by atoms with van der Waals surface area (Å²) in [6.07, 6.45) is 17.2. The van der Waals surface area contributed by atoms with E-state index in [0.29, 0.717) is 44.2 Å². The summed E-state index contributed by atoms with van der Waals surface area (Å²) in [5.41, 5.74) is 2.75. The quantitative estimate of drug-likeness (QED) is 0.204. The predicted molar refractivity (Wildman–Crippen MR) is 151 cm³/mol. The zero-order chi connectivity index (χ0) is 26.6. The fourth-order valence-corrected chi connectivity index (χ4v) is 6.76. The topological polar surface area (TPSA) is 69.0 Å². The summed E-state index contributed by atoms with van der Waals surface area (Å²) in [5, 5.41) is 8.91. The SMILES string of the molecule is CC(C)N(C(C)C)P(OCCC#N)OCC1CCN(C(=O)CN(CC2=CC=CC2)CC2=CC=CC2)CC1. The first-order valence-electron chi connectivity index (χ1n) is 13.8. The van der Waals surface area contributed by atoms with Gasteiger partial charge in [0.2, 0.25) is 5.91 Å². The van der Waals surface area contributed by atoms with Crippen LogP contribution in [0.1, 0.15) is 59.8 Å². The fourth-order valence-electron chi connectivity index (χ4n) is 5.08. The molecular formula is C29H45N4O3P. The lowest BCUT2D eigenvalue weighted by Gasteiger charge is -2.37. The maximum Gasteiger partial charge on any atom is 0.259 e. The fraction of sp³-hybridized carbons (Fsp3) is 0.655. The minimum atomic E-state index is -1.21. The lowest BCUT2D eigenvalue weighted by Crippen LogP contribution is -2.45. The van der Waals surface area contributed by atoms with Crippen LogP contribution < -0.4 is 0 Å². The van der Waals surface area contributed by atoms with E-state index in [2.05, 4.69) is 79.8 Å². The van der Waals surface area contributed by atoms with Gasteiger partial charge in [0.05, 0.1) is 32.2 Å². The van der Waals surface area contributed by atoms with Gasteiger partial charge in [-0.1, -0.05) is 47.6 Å². The number of carbonyl (C=O) groups excluding carboxylic acids is 1. The molecule has 1 amide bonds. The Morgan fingerprint density at radius 3 is 2.14 bits per heavy atom. The molecule has 2 aliphatic carbocycles. The maximum atomic E-state index is 13.2. The first kappa shape index (κ1) is 29.7. The molecule has 1 saturated heterocycles. The lowest BCUT2D eigenvalue weighted by molar-refractivity contribution is -0.133. The third kappa shape index (κ3) is 9.78. The number of amides is 1. The van der Waals surface area contributed by atoms with E-state index in [4.69, 9.17) is 14.3 Å². The Kier molecular flexibility index (Phi) is 12.5. The van der Waals surface area contributed by atoms with Crippen LogP contribution >= 0.6 is 8.53 Å². The van der Waals surface area contributed by atoms with Crippen LogP contribution in [0.25, 0.3) is 0 Å². The summed E-state index contributed by atoms with van der Waals surface area (Å²) in [4.78, 5) is 17.6. The van der Waals surface area contributed by atoms with Crippen molar-refractivity contribution in [3.05, 3.63) is 47.6 Å². The molecule has 0 N–H and O–H groups in total. The van der Waals surface area contributed by atoms with Crippen molar-refractivity contribution in [2.24, 2.45) is 5.92 Å². The summed E-state index contributed by atoms with van der Waals surface area (Å²) in [7, 11) is -1.21. The number of piperidine rings is 1. The second-order valence-corrected chi connectivity index (χ2v) is 12.2. The van der Waals surface area contributed by atoms with Crippen molar-refractivity contribution in [1.29, 1.82) is 5.26 Å². The molecule has 0 radical (unpaired) electrons. The van der Waals surface area contributed by atoms with E-state index >= 15 is 0 Å². The van der Waals surface area contributed by atoms with E-state index in [9.17, 15) is 4.79 Å². The average Bonchev–Trinajstić information content (AvgIpc) is 3.57. The normalized spacial score (nSPS) is 18.8. The van der Waals surface area contributed by atoms with Crippen LogP contribution in [0.5, 0.6) is 0 Å². The number of nitrogens with zero attached hydrogens (tertiary/aromatic N) is 4. The van der Waals surface area contributed by atoms with Gasteiger partial charge in [-0.05, 0) is 59.3 Å². The van der Waals surface area contributed by atoms with E-state index < -0.39 is 8.53 Å². The Balaban J connectivity index is 1.48. The number of hydrogen-bond donors (Lipinski definition) is 0. The molecule has 0 aromatic carbocycles. The molecule has 3 aliphatic rings. The second kappa shape index (κ2) is 15.6. The van der Waals surface area contributed by atoms with Crippen molar-refractivity contribution in [2.45, 2.75) is 71.9 Å². The number of nitriles is 1. The highest BCUT2D eigenvalue weighted by molar-refractivity contribution is 7.44. The van der Waals surface area contributed by atoms with Crippen molar-refractivity contribution < 1.29 is 13.8 Å². The minimum absolute atomic E-state index is 0.227. The van der Waals surface area contributed by atoms with E-state index in [-0.39, 0.29) is 5.91 Å². The van der Waals surface area contributed by atoms with Gasteiger partial charge in [-0.3, -0.25) is 9.69 Å². The van der Waals surface area contributed by atoms with Crippen LogP contribution in [0.15, 0.2) is 47.6 Å². The van der Waals surface area contributed by atoms with E-state index in [1.807, 2.05) is 4.90 Å². The van der Waals surface area contributed by atoms with Crippen molar-refractivity contribution in [1.82, 2.24) is 14.5 Å². The number of hydrogen-bond acceptors (Lipinski definition) is 6. The molecule has 0 bridgehead atoms. The predicted octanol–water partition coefficient (Wildman–Crippen LogP) is 5.59. The standard InChI is InChI=1S/C29H45N4O3P/c1-24(2)33(25(3)4)37(35-19-9-16-30)36-23-28-14-17-32(18-15-28)29(34)22-31(20-26-10-5-6-11-26)21-27-12-7-8-13-27/h5-8,10,12,24-25,28H,9,11,13-15,17-23H2,1-4H3. The third-order valence-corrected chi connectivity index (χ3v) is 9.03. The van der Waals surface area contributed by atoms with Gasteiger partial charge in [0.25, 0.3) is 8.53 Å². The molecule has 1 atom stereocenters. The van der Waals surface area contributed by atoms with Crippen LogP contribution in [0, 0.1) is 17.2 Å². The van der Waals surface area contributed by atoms with Crippen molar-refractivity contribution >= 4 is 14.4 Å². The van der Waals surface area contributed by atoms with Gasteiger partial charge in [0.15, 0.2) is 0 Å². The van der Waals surface area contributed by atoms with E-state index in [1.165, 1.54) is 11.1 Å². The van der Waals surface area contributed by atoms with Crippen LogP contribution in [0.2, 0.25) is 0 Å². The van der Waals surface area contributed by atoms with Gasteiger partial charge in [0.1, 0.15) is 0 Å². The van der Waals surface area contributed by atoms with Crippen LogP contribution in [-0.4, -0.2) is 78.4 Å². The largest absolute Gasteiger partial charge is 0.342 e. The first-order chi connectivity index (χ1) is 17.9. The minimum Gasteiger partial charge on any atom is -0.342 e. The lowest BCUT2D eigenvalue weighted by atomic mass is 9.98. The Morgan fingerprint density at radius 2 is 1.65 bits per heavy atom. The molecule has 1 heterocycles. The molecule has 3 rings (SSSR count). The van der Waals surface area contributed by atoms with Crippen LogP contribution in [0.4, 0.5) is 0 Å². The van der Waals surface area contributed by atoms with Crippen molar-refractivity contribution in [3.8, 4) is 6.07 Å². The van der Waals surface area contributed by atoms with Gasteiger partial charge < -0.3 is 13.9 Å². The number of carbonyl (C=O) groups is 1. The summed E-state index contributed by atoms with van der Waals surface area (Å²) in [5.74, 6) is 0.640. The molecule has 37 heavy (non-hydrogen) atoms. The number of likely N-dealkylation sites (tertiary alicyclic amines) is 1. The summed E-state index contributed by atoms with van der Waals surface area (Å²) in [6, 6.07) is 2.74. The summed E-state index contributed by atoms with van der Waals surface area (Å²) in [6.45, 7) is 13.3. The Morgan fingerprint density at radius 1 is 1.05 bits per heavy atom. The highest BCUT2D eigenvalue weighted by Gasteiger charge is 2.30. The van der Waals surface area contributed by atoms with Gasteiger partial charge in [-0.25, -0.2) is 4.67 Å². The van der Waals surface area contributed by atoms with Crippen LogP contribution in [0.3, 0.4) is 0 Å². The smallest absolute Gasteiger partial charge is 0.259 e. The zero-order valence-electron chi connectivity index (χ0n) is 23.1. The molecule has 1 unspecified atom stereocenters. The maximum absolute atomic E-state index is 13.2. The molecule has 1 fully saturated rings. The molecule has 0 saturated carbocycles. The molecule has 1 aliphatic heterocycles. The van der Waals surface area contributed by atoms with Gasteiger partial charge in [-0.2, -0.15) is 5.26 Å². The van der Waals surface area contributed by atoms with Crippen molar-refractivity contribution in [2.75, 3.05) is 45.9 Å². The number of allylic oxidation sites excluding steroid dienone is 6. The molecule has 8 heteroatoms. The molecule has 0 aromatic rings. The molecular weight excluding hydrogens is 483 g/mol. The van der Waals surface area contributed by atoms with Gasteiger partial charge >= 0.3 is 0 Å². The summed E-state index contributed by atoms with van der Waals surface area (Å²) < 4.78 is 14.6. The first-order valence-corrected chi connectivity index (χ1v) is 14.9. The van der Waals surface area contributed by atoms with E-state index in [1.54, 1.807) is 0 Å². The van der Waals surface area contributed by atoms with Crippen LogP contribution in [-0.2, 0) is 13.8 Å². The third-order valence-electron chi connectivity index (χ3n) is 6.96. The molecule has 0 aromatic heterocycles. The second-order valence-electron chi connectivity index (χ2n) is 10.7. The Bertz CT molecular complexity index is 857. The summed E-state index contributed by atoms with van der Waals surface area (Å²) >= 11 is 0.